The van der Waals surface area contributed by atoms with E-state index >= 15 is 0 Å². The van der Waals surface area contributed by atoms with E-state index < -0.39 is 0 Å². The second kappa shape index (κ2) is 6.20. The number of thiol groups is 1. The van der Waals surface area contributed by atoms with Crippen molar-refractivity contribution in [2.24, 2.45) is 0 Å². The van der Waals surface area contributed by atoms with Gasteiger partial charge in [0, 0.05) is 16.0 Å². The van der Waals surface area contributed by atoms with E-state index in [0.29, 0.717) is 16.0 Å². The lowest BCUT2D eigenvalue weighted by molar-refractivity contribution is 0.103. The molecule has 0 saturated carbocycles. The van der Waals surface area contributed by atoms with Gasteiger partial charge in [-0.25, -0.2) is 0 Å². The molecular weight excluding hydrogens is 288 g/mol. The SMILES string of the molecule is Cc1ccc(-c2ccc(C(=O)c3ccccc3)c(S)c2)cc1. The zero-order valence-corrected chi connectivity index (χ0v) is 13.2. The number of ketones is 1. The van der Waals surface area contributed by atoms with E-state index in [-0.39, 0.29) is 5.78 Å². The summed E-state index contributed by atoms with van der Waals surface area (Å²) < 4.78 is 0. The van der Waals surface area contributed by atoms with Gasteiger partial charge < -0.3 is 0 Å². The molecule has 0 aliphatic heterocycles. The van der Waals surface area contributed by atoms with E-state index in [1.807, 2.05) is 48.5 Å². The van der Waals surface area contributed by atoms with E-state index in [9.17, 15) is 4.79 Å². The second-order valence-corrected chi connectivity index (χ2v) is 5.77. The highest BCUT2D eigenvalue weighted by atomic mass is 32.1. The van der Waals surface area contributed by atoms with E-state index in [1.165, 1.54) is 5.56 Å². The van der Waals surface area contributed by atoms with E-state index in [2.05, 4.69) is 43.8 Å². The zero-order chi connectivity index (χ0) is 15.5. The third-order valence-corrected chi connectivity index (χ3v) is 4.03. The molecule has 108 valence electrons. The third kappa shape index (κ3) is 2.97. The van der Waals surface area contributed by atoms with Crippen LogP contribution in [0.4, 0.5) is 0 Å². The van der Waals surface area contributed by atoms with Crippen LogP contribution in [-0.4, -0.2) is 5.78 Å². The molecule has 0 unspecified atom stereocenters. The Labute approximate surface area is 136 Å². The number of hydrogen-bond acceptors (Lipinski definition) is 2. The van der Waals surface area contributed by atoms with Crippen molar-refractivity contribution in [1.82, 2.24) is 0 Å². The molecule has 0 atom stereocenters. The van der Waals surface area contributed by atoms with Crippen LogP contribution in [0, 0.1) is 6.92 Å². The number of hydrogen-bond donors (Lipinski definition) is 1. The van der Waals surface area contributed by atoms with Gasteiger partial charge in [-0.3, -0.25) is 4.79 Å². The highest BCUT2D eigenvalue weighted by molar-refractivity contribution is 7.80. The zero-order valence-electron chi connectivity index (χ0n) is 12.3. The smallest absolute Gasteiger partial charge is 0.194 e. The average Bonchev–Trinajstić information content (AvgIpc) is 2.56. The highest BCUT2D eigenvalue weighted by Gasteiger charge is 2.12. The molecule has 0 fully saturated rings. The van der Waals surface area contributed by atoms with Gasteiger partial charge in [0.15, 0.2) is 5.78 Å². The molecule has 0 spiro atoms. The van der Waals surface area contributed by atoms with Crippen LogP contribution in [0.25, 0.3) is 11.1 Å². The van der Waals surface area contributed by atoms with E-state index in [0.717, 1.165) is 11.1 Å². The Balaban J connectivity index is 1.96. The predicted octanol–water partition coefficient (Wildman–Crippen LogP) is 5.18. The molecule has 3 rings (SSSR count). The molecule has 2 heteroatoms. The van der Waals surface area contributed by atoms with Gasteiger partial charge >= 0.3 is 0 Å². The number of aryl methyl sites for hydroxylation is 1. The summed E-state index contributed by atoms with van der Waals surface area (Å²) in [6, 6.07) is 23.4. The number of carbonyl (C=O) groups excluding carboxylic acids is 1. The molecule has 0 aliphatic rings. The topological polar surface area (TPSA) is 17.1 Å². The fourth-order valence-electron chi connectivity index (χ4n) is 2.39. The van der Waals surface area contributed by atoms with Gasteiger partial charge in [0.25, 0.3) is 0 Å². The van der Waals surface area contributed by atoms with Crippen molar-refractivity contribution in [3.05, 3.63) is 89.5 Å². The summed E-state index contributed by atoms with van der Waals surface area (Å²) in [6.45, 7) is 2.06. The van der Waals surface area contributed by atoms with Crippen LogP contribution in [0.2, 0.25) is 0 Å². The normalized spacial score (nSPS) is 10.5. The van der Waals surface area contributed by atoms with Crippen molar-refractivity contribution in [3.8, 4) is 11.1 Å². The lowest BCUT2D eigenvalue weighted by atomic mass is 9.99. The molecule has 0 saturated heterocycles. The van der Waals surface area contributed by atoms with Gasteiger partial charge in [-0.05, 0) is 30.2 Å². The molecule has 3 aromatic rings. The Morgan fingerprint density at radius 2 is 1.45 bits per heavy atom. The van der Waals surface area contributed by atoms with E-state index in [4.69, 9.17) is 0 Å². The quantitative estimate of drug-likeness (QED) is 0.521. The Kier molecular flexibility index (Phi) is 4.12. The molecule has 0 bridgehead atoms. The Hall–Kier alpha value is -2.32. The van der Waals surface area contributed by atoms with Crippen LogP contribution in [0.15, 0.2) is 77.7 Å². The number of carbonyl (C=O) groups is 1. The van der Waals surface area contributed by atoms with Gasteiger partial charge in [0.2, 0.25) is 0 Å². The maximum Gasteiger partial charge on any atom is 0.194 e. The fourth-order valence-corrected chi connectivity index (χ4v) is 2.71. The monoisotopic (exact) mass is 304 g/mol. The standard InChI is InChI=1S/C20H16OS/c1-14-7-9-15(10-8-14)17-11-12-18(19(22)13-17)20(21)16-5-3-2-4-6-16/h2-13,22H,1H3. The van der Waals surface area contributed by atoms with Crippen molar-refractivity contribution in [1.29, 1.82) is 0 Å². The molecule has 1 nitrogen and oxygen atoms in total. The first-order valence-corrected chi connectivity index (χ1v) is 7.60. The predicted molar refractivity (Wildman–Crippen MR) is 93.7 cm³/mol. The fraction of sp³-hybridized carbons (Fsp3) is 0.0500. The molecule has 0 radical (unpaired) electrons. The van der Waals surface area contributed by atoms with Crippen LogP contribution in [0.1, 0.15) is 21.5 Å². The molecule has 0 heterocycles. The van der Waals surface area contributed by atoms with Crippen LogP contribution >= 0.6 is 12.6 Å². The van der Waals surface area contributed by atoms with Gasteiger partial charge in [-0.15, -0.1) is 12.6 Å². The highest BCUT2D eigenvalue weighted by Crippen LogP contribution is 2.26. The van der Waals surface area contributed by atoms with Crippen molar-refractivity contribution in [3.63, 3.8) is 0 Å². The molecule has 3 aromatic carbocycles. The van der Waals surface area contributed by atoms with Crippen LogP contribution in [-0.2, 0) is 0 Å². The minimum atomic E-state index is 0.000978. The summed E-state index contributed by atoms with van der Waals surface area (Å²) >= 11 is 4.51. The summed E-state index contributed by atoms with van der Waals surface area (Å²) in [4.78, 5) is 13.2. The first kappa shape index (κ1) is 14.6. The molecule has 0 aliphatic carbocycles. The van der Waals surface area contributed by atoms with Crippen molar-refractivity contribution in [2.45, 2.75) is 11.8 Å². The maximum absolute atomic E-state index is 12.5. The molecular formula is C20H16OS. The second-order valence-electron chi connectivity index (χ2n) is 5.29. The summed E-state index contributed by atoms with van der Waals surface area (Å²) in [6.07, 6.45) is 0. The average molecular weight is 304 g/mol. The van der Waals surface area contributed by atoms with Crippen LogP contribution < -0.4 is 0 Å². The van der Waals surface area contributed by atoms with Crippen molar-refractivity contribution < 1.29 is 4.79 Å². The van der Waals surface area contributed by atoms with E-state index in [1.54, 1.807) is 0 Å². The third-order valence-electron chi connectivity index (χ3n) is 3.66. The summed E-state index contributed by atoms with van der Waals surface area (Å²) in [7, 11) is 0. The van der Waals surface area contributed by atoms with Gasteiger partial charge in [-0.1, -0.05) is 66.2 Å². The minimum absolute atomic E-state index is 0.000978. The number of benzene rings is 3. The first-order valence-electron chi connectivity index (χ1n) is 7.15. The van der Waals surface area contributed by atoms with Crippen molar-refractivity contribution in [2.75, 3.05) is 0 Å². The lowest BCUT2D eigenvalue weighted by Crippen LogP contribution is -2.02. The molecule has 0 amide bonds. The maximum atomic E-state index is 12.5. The van der Waals surface area contributed by atoms with Gasteiger partial charge in [0.1, 0.15) is 0 Å². The van der Waals surface area contributed by atoms with Crippen molar-refractivity contribution >= 4 is 18.4 Å². The minimum Gasteiger partial charge on any atom is -0.289 e. The Morgan fingerprint density at radius 3 is 2.09 bits per heavy atom. The first-order chi connectivity index (χ1) is 10.6. The molecule has 22 heavy (non-hydrogen) atoms. The summed E-state index contributed by atoms with van der Waals surface area (Å²) in [5.41, 5.74) is 4.73. The summed E-state index contributed by atoms with van der Waals surface area (Å²) in [5.74, 6) is 0.000978. The van der Waals surface area contributed by atoms with Gasteiger partial charge in [0.05, 0.1) is 0 Å². The molecule has 0 aromatic heterocycles. The number of rotatable bonds is 3. The molecule has 0 N–H and O–H groups in total. The Morgan fingerprint density at radius 1 is 0.818 bits per heavy atom. The van der Waals surface area contributed by atoms with Crippen LogP contribution in [0.3, 0.4) is 0 Å². The van der Waals surface area contributed by atoms with Gasteiger partial charge in [-0.2, -0.15) is 0 Å². The largest absolute Gasteiger partial charge is 0.289 e. The summed E-state index contributed by atoms with van der Waals surface area (Å²) in [5, 5.41) is 0. The lowest BCUT2D eigenvalue weighted by Gasteiger charge is -2.08. The Bertz CT molecular complexity index is 805. The van der Waals surface area contributed by atoms with Crippen LogP contribution in [0.5, 0.6) is 0 Å².